The largest absolute Gasteiger partial charge is 0.352 e. The first kappa shape index (κ1) is 13.8. The highest BCUT2D eigenvalue weighted by Gasteiger charge is 2.39. The van der Waals surface area contributed by atoms with Crippen LogP contribution in [0.3, 0.4) is 0 Å². The molecular formula is C18H20N2O. The molecule has 1 amide bonds. The van der Waals surface area contributed by atoms with Gasteiger partial charge in [0.15, 0.2) is 0 Å². The van der Waals surface area contributed by atoms with Crippen molar-refractivity contribution in [1.82, 2.24) is 5.32 Å². The van der Waals surface area contributed by atoms with Gasteiger partial charge >= 0.3 is 0 Å². The topological polar surface area (TPSA) is 55.1 Å². The third-order valence-corrected chi connectivity index (χ3v) is 3.99. The van der Waals surface area contributed by atoms with Crippen LogP contribution in [0.1, 0.15) is 29.0 Å². The van der Waals surface area contributed by atoms with Gasteiger partial charge in [0.2, 0.25) is 5.91 Å². The van der Waals surface area contributed by atoms with E-state index in [2.05, 4.69) is 17.4 Å². The van der Waals surface area contributed by atoms with Crippen LogP contribution in [0.5, 0.6) is 0 Å². The number of carbonyl (C=O) groups excluding carboxylic acids is 1. The van der Waals surface area contributed by atoms with Crippen LogP contribution in [0.25, 0.3) is 0 Å². The molecule has 3 rings (SSSR count). The van der Waals surface area contributed by atoms with Crippen LogP contribution >= 0.6 is 0 Å². The molecule has 0 aliphatic heterocycles. The minimum absolute atomic E-state index is 0.0962. The van der Waals surface area contributed by atoms with Crippen LogP contribution in [-0.2, 0) is 17.8 Å². The number of carbonyl (C=O) groups is 1. The summed E-state index contributed by atoms with van der Waals surface area (Å²) in [5, 5.41) is 3.12. The third-order valence-electron chi connectivity index (χ3n) is 3.99. The van der Waals surface area contributed by atoms with Crippen molar-refractivity contribution in [3.8, 4) is 0 Å². The maximum Gasteiger partial charge on any atom is 0.224 e. The molecule has 3 nitrogen and oxygen atoms in total. The third kappa shape index (κ3) is 3.50. The normalized spacial score (nSPS) is 20.0. The highest BCUT2D eigenvalue weighted by atomic mass is 16.1. The van der Waals surface area contributed by atoms with Crippen molar-refractivity contribution in [3.63, 3.8) is 0 Å². The van der Waals surface area contributed by atoms with E-state index in [1.807, 2.05) is 42.5 Å². The van der Waals surface area contributed by atoms with Gasteiger partial charge in [0.1, 0.15) is 0 Å². The first-order valence-corrected chi connectivity index (χ1v) is 7.38. The molecule has 0 spiro atoms. The van der Waals surface area contributed by atoms with Crippen LogP contribution in [0.4, 0.5) is 0 Å². The quantitative estimate of drug-likeness (QED) is 0.883. The van der Waals surface area contributed by atoms with E-state index in [1.54, 1.807) is 0 Å². The molecule has 0 radical (unpaired) electrons. The molecule has 0 aromatic heterocycles. The van der Waals surface area contributed by atoms with Gasteiger partial charge in [-0.3, -0.25) is 4.79 Å². The Kier molecular flexibility index (Phi) is 4.02. The maximum atomic E-state index is 12.1. The lowest BCUT2D eigenvalue weighted by atomic mass is 10.1. The smallest absolute Gasteiger partial charge is 0.224 e. The summed E-state index contributed by atoms with van der Waals surface area (Å²) in [6.45, 7) is 0.535. The van der Waals surface area contributed by atoms with Crippen molar-refractivity contribution in [1.29, 1.82) is 0 Å². The standard InChI is InChI=1S/C18H20N2O/c19-12-14-8-6-13(7-9-14)10-18(21)20-17-11-16(17)15-4-2-1-3-5-15/h1-9,16-17H,10-12,19H2,(H,20,21). The summed E-state index contributed by atoms with van der Waals surface area (Å²) in [5.41, 5.74) is 9.00. The Morgan fingerprint density at radius 3 is 2.38 bits per heavy atom. The fraction of sp³-hybridized carbons (Fsp3) is 0.278. The average Bonchev–Trinajstić information content (AvgIpc) is 3.28. The molecular weight excluding hydrogens is 260 g/mol. The molecule has 0 bridgehead atoms. The Balaban J connectivity index is 1.51. The predicted octanol–water partition coefficient (Wildman–Crippen LogP) is 2.36. The van der Waals surface area contributed by atoms with Gasteiger partial charge in [0.25, 0.3) is 0 Å². The Labute approximate surface area is 125 Å². The van der Waals surface area contributed by atoms with E-state index in [-0.39, 0.29) is 5.91 Å². The van der Waals surface area contributed by atoms with Gasteiger partial charge < -0.3 is 11.1 Å². The molecule has 1 fully saturated rings. The van der Waals surface area contributed by atoms with Crippen LogP contribution in [0, 0.1) is 0 Å². The lowest BCUT2D eigenvalue weighted by Crippen LogP contribution is -2.28. The van der Waals surface area contributed by atoms with E-state index >= 15 is 0 Å². The average molecular weight is 280 g/mol. The fourth-order valence-corrected chi connectivity index (χ4v) is 2.66. The van der Waals surface area contributed by atoms with E-state index in [0.717, 1.165) is 17.5 Å². The summed E-state index contributed by atoms with van der Waals surface area (Å²) < 4.78 is 0. The first-order chi connectivity index (χ1) is 10.3. The number of benzene rings is 2. The zero-order valence-electron chi connectivity index (χ0n) is 12.0. The minimum Gasteiger partial charge on any atom is -0.352 e. The molecule has 0 heterocycles. The molecule has 3 heteroatoms. The molecule has 21 heavy (non-hydrogen) atoms. The first-order valence-electron chi connectivity index (χ1n) is 7.38. The monoisotopic (exact) mass is 280 g/mol. The number of nitrogens with one attached hydrogen (secondary N) is 1. The molecule has 1 saturated carbocycles. The van der Waals surface area contributed by atoms with Crippen molar-refractivity contribution < 1.29 is 4.79 Å². The molecule has 1 aliphatic rings. The molecule has 2 atom stereocenters. The predicted molar refractivity (Wildman–Crippen MR) is 83.8 cm³/mol. The van der Waals surface area contributed by atoms with E-state index in [9.17, 15) is 4.79 Å². The second kappa shape index (κ2) is 6.10. The van der Waals surface area contributed by atoms with Crippen LogP contribution in [0.2, 0.25) is 0 Å². The number of nitrogens with two attached hydrogens (primary N) is 1. The van der Waals surface area contributed by atoms with Crippen molar-refractivity contribution in [2.45, 2.75) is 31.3 Å². The van der Waals surface area contributed by atoms with Crippen LogP contribution < -0.4 is 11.1 Å². The summed E-state index contributed by atoms with van der Waals surface area (Å²) >= 11 is 0. The Morgan fingerprint density at radius 1 is 1.05 bits per heavy atom. The molecule has 2 aromatic rings. The van der Waals surface area contributed by atoms with Crippen LogP contribution in [-0.4, -0.2) is 11.9 Å². The zero-order chi connectivity index (χ0) is 14.7. The summed E-state index contributed by atoms with van der Waals surface area (Å²) in [6, 6.07) is 18.6. The van der Waals surface area contributed by atoms with Crippen molar-refractivity contribution in [2.75, 3.05) is 0 Å². The Bertz CT molecular complexity index is 607. The van der Waals surface area contributed by atoms with E-state index in [0.29, 0.717) is 24.9 Å². The van der Waals surface area contributed by atoms with Crippen molar-refractivity contribution in [2.24, 2.45) is 5.73 Å². The fourth-order valence-electron chi connectivity index (χ4n) is 2.66. The summed E-state index contributed by atoms with van der Waals surface area (Å²) in [7, 11) is 0. The van der Waals surface area contributed by atoms with E-state index < -0.39 is 0 Å². The van der Waals surface area contributed by atoms with Gasteiger partial charge in [-0.25, -0.2) is 0 Å². The maximum absolute atomic E-state index is 12.1. The van der Waals surface area contributed by atoms with Gasteiger partial charge in [0.05, 0.1) is 6.42 Å². The SMILES string of the molecule is NCc1ccc(CC(=O)NC2CC2c2ccccc2)cc1. The lowest BCUT2D eigenvalue weighted by molar-refractivity contribution is -0.120. The molecule has 108 valence electrons. The number of rotatable bonds is 5. The second-order valence-corrected chi connectivity index (χ2v) is 5.62. The van der Waals surface area contributed by atoms with Crippen molar-refractivity contribution in [3.05, 3.63) is 71.3 Å². The molecule has 3 N–H and O–H groups in total. The molecule has 2 unspecified atom stereocenters. The van der Waals surface area contributed by atoms with Crippen LogP contribution in [0.15, 0.2) is 54.6 Å². The number of hydrogen-bond donors (Lipinski definition) is 2. The lowest BCUT2D eigenvalue weighted by Gasteiger charge is -2.06. The van der Waals surface area contributed by atoms with Gasteiger partial charge in [0, 0.05) is 18.5 Å². The van der Waals surface area contributed by atoms with Gasteiger partial charge in [-0.05, 0) is 23.1 Å². The summed E-state index contributed by atoms with van der Waals surface area (Å²) in [6.07, 6.45) is 1.48. The Morgan fingerprint density at radius 2 is 1.71 bits per heavy atom. The molecule has 0 saturated heterocycles. The van der Waals surface area contributed by atoms with E-state index in [4.69, 9.17) is 5.73 Å². The zero-order valence-corrected chi connectivity index (χ0v) is 12.0. The van der Waals surface area contributed by atoms with Gasteiger partial charge in [-0.1, -0.05) is 54.6 Å². The van der Waals surface area contributed by atoms with Gasteiger partial charge in [-0.15, -0.1) is 0 Å². The highest BCUT2D eigenvalue weighted by molar-refractivity contribution is 5.79. The highest BCUT2D eigenvalue weighted by Crippen LogP contribution is 2.40. The summed E-state index contributed by atoms with van der Waals surface area (Å²) in [5.74, 6) is 0.577. The second-order valence-electron chi connectivity index (χ2n) is 5.62. The minimum atomic E-state index is 0.0962. The summed E-state index contributed by atoms with van der Waals surface area (Å²) in [4.78, 5) is 12.1. The molecule has 2 aromatic carbocycles. The van der Waals surface area contributed by atoms with Gasteiger partial charge in [-0.2, -0.15) is 0 Å². The Hall–Kier alpha value is -2.13. The number of hydrogen-bond acceptors (Lipinski definition) is 2. The van der Waals surface area contributed by atoms with E-state index in [1.165, 1.54) is 5.56 Å². The number of amides is 1. The van der Waals surface area contributed by atoms with Crippen molar-refractivity contribution >= 4 is 5.91 Å². The molecule has 1 aliphatic carbocycles.